The molecule has 1 saturated carbocycles. The lowest BCUT2D eigenvalue weighted by Crippen LogP contribution is -2.28. The van der Waals surface area contributed by atoms with Crippen molar-refractivity contribution in [2.75, 3.05) is 44.8 Å². The minimum atomic E-state index is -0.169. The van der Waals surface area contributed by atoms with Crippen LogP contribution in [0.15, 0.2) is 79.1 Å². The van der Waals surface area contributed by atoms with Crippen LogP contribution in [0.2, 0.25) is 0 Å². The lowest BCUT2D eigenvalue weighted by atomic mass is 10.0. The number of nitrogens with zero attached hydrogens (tertiary/aromatic N) is 5. The highest BCUT2D eigenvalue weighted by Crippen LogP contribution is 2.47. The third-order valence-electron chi connectivity index (χ3n) is 8.22. The lowest BCUT2D eigenvalue weighted by molar-refractivity contribution is -0.125. The van der Waals surface area contributed by atoms with Gasteiger partial charge in [-0.2, -0.15) is 0 Å². The van der Waals surface area contributed by atoms with Crippen molar-refractivity contribution in [3.05, 3.63) is 90.5 Å². The quantitative estimate of drug-likeness (QED) is 0.333. The summed E-state index contributed by atoms with van der Waals surface area (Å²) >= 11 is 0. The van der Waals surface area contributed by atoms with Gasteiger partial charge in [-0.1, -0.05) is 36.4 Å². The van der Waals surface area contributed by atoms with Crippen LogP contribution < -0.4 is 11.1 Å². The Bertz CT molecular complexity index is 1580. The van der Waals surface area contributed by atoms with Crippen molar-refractivity contribution >= 4 is 28.8 Å². The van der Waals surface area contributed by atoms with Gasteiger partial charge in [-0.3, -0.25) is 14.0 Å². The van der Waals surface area contributed by atoms with Crippen LogP contribution in [0.3, 0.4) is 0 Å². The molecule has 6 rings (SSSR count). The van der Waals surface area contributed by atoms with E-state index in [0.717, 1.165) is 60.8 Å². The van der Waals surface area contributed by atoms with E-state index < -0.39 is 0 Å². The Morgan fingerprint density at radius 1 is 1.05 bits per heavy atom. The number of fused-ring (bicyclic) bond motifs is 2. The molecule has 41 heavy (non-hydrogen) atoms. The molecule has 1 aliphatic heterocycles. The Morgan fingerprint density at radius 3 is 2.44 bits per heavy atom. The second-order valence-corrected chi connectivity index (χ2v) is 11.3. The first-order valence-corrected chi connectivity index (χ1v) is 14.1. The van der Waals surface area contributed by atoms with E-state index in [9.17, 15) is 9.59 Å². The van der Waals surface area contributed by atoms with Gasteiger partial charge in [0.15, 0.2) is 0 Å². The van der Waals surface area contributed by atoms with Crippen molar-refractivity contribution in [2.24, 2.45) is 11.8 Å². The fourth-order valence-corrected chi connectivity index (χ4v) is 6.24. The number of likely N-dealkylation sites (tertiary alicyclic amines) is 1. The summed E-state index contributed by atoms with van der Waals surface area (Å²) < 4.78 is 2.08. The van der Waals surface area contributed by atoms with Crippen molar-refractivity contribution in [3.63, 3.8) is 0 Å². The molecule has 2 amide bonds. The largest absolute Gasteiger partial charge is 0.382 e. The monoisotopic (exact) mass is 549 g/mol. The van der Waals surface area contributed by atoms with Gasteiger partial charge in [0.25, 0.3) is 5.91 Å². The topological polar surface area (TPSA) is 109 Å². The number of amides is 2. The summed E-state index contributed by atoms with van der Waals surface area (Å²) in [6.45, 7) is 2.34. The maximum Gasteiger partial charge on any atom is 0.255 e. The number of likely N-dealkylation sites (N-methyl/N-ethyl adjacent to an activating group) is 1. The fraction of sp³-hybridized carbons (Fsp3) is 0.312. The van der Waals surface area contributed by atoms with Gasteiger partial charge in [0, 0.05) is 60.8 Å². The van der Waals surface area contributed by atoms with Gasteiger partial charge in [0.1, 0.15) is 22.9 Å². The second-order valence-electron chi connectivity index (χ2n) is 11.3. The Balaban J connectivity index is 1.20. The number of anilines is 2. The number of aromatic nitrogens is 3. The van der Waals surface area contributed by atoms with E-state index in [1.807, 2.05) is 90.8 Å². The number of hydrogen-bond acceptors (Lipinski definition) is 6. The highest BCUT2D eigenvalue weighted by Gasteiger charge is 2.43. The molecule has 2 aromatic heterocycles. The van der Waals surface area contributed by atoms with E-state index in [1.54, 1.807) is 12.3 Å². The molecular formula is C32H35N7O2. The highest BCUT2D eigenvalue weighted by molar-refractivity contribution is 6.04. The van der Waals surface area contributed by atoms with Crippen LogP contribution in [-0.4, -0.2) is 69.7 Å². The highest BCUT2D eigenvalue weighted by atomic mass is 16.2. The predicted octanol–water partition coefficient (Wildman–Crippen LogP) is 4.30. The lowest BCUT2D eigenvalue weighted by Gasteiger charge is -2.17. The molecule has 9 nitrogen and oxygen atoms in total. The number of carbonyl (C=O) groups is 2. The van der Waals surface area contributed by atoms with E-state index in [2.05, 4.69) is 14.7 Å². The van der Waals surface area contributed by atoms with Gasteiger partial charge in [0.2, 0.25) is 5.91 Å². The summed E-state index contributed by atoms with van der Waals surface area (Å²) in [5.41, 5.74) is 10.1. The summed E-state index contributed by atoms with van der Waals surface area (Å²) in [5.74, 6) is 2.53. The van der Waals surface area contributed by atoms with Gasteiger partial charge >= 0.3 is 0 Å². The van der Waals surface area contributed by atoms with Crippen molar-refractivity contribution in [1.29, 1.82) is 0 Å². The number of carbonyl (C=O) groups excluding carboxylic acids is 2. The van der Waals surface area contributed by atoms with Crippen molar-refractivity contribution in [3.8, 4) is 11.3 Å². The number of nitrogens with two attached hydrogens (primary N) is 1. The van der Waals surface area contributed by atoms with Crippen LogP contribution in [0.5, 0.6) is 0 Å². The van der Waals surface area contributed by atoms with E-state index >= 15 is 0 Å². The zero-order valence-corrected chi connectivity index (χ0v) is 23.4. The summed E-state index contributed by atoms with van der Waals surface area (Å²) in [5, 5.41) is 2.92. The molecule has 9 heteroatoms. The Labute approximate surface area is 239 Å². The Hall–Kier alpha value is -4.50. The minimum Gasteiger partial charge on any atom is -0.382 e. The van der Waals surface area contributed by atoms with Crippen LogP contribution in [0, 0.1) is 11.8 Å². The fourth-order valence-electron chi connectivity index (χ4n) is 6.24. The molecule has 0 bridgehead atoms. The van der Waals surface area contributed by atoms with E-state index in [4.69, 9.17) is 10.7 Å². The zero-order valence-electron chi connectivity index (χ0n) is 23.4. The maximum atomic E-state index is 12.8. The molecule has 1 saturated heterocycles. The molecule has 0 radical (unpaired) electrons. The number of rotatable bonds is 7. The predicted molar refractivity (Wildman–Crippen MR) is 160 cm³/mol. The van der Waals surface area contributed by atoms with Gasteiger partial charge in [-0.15, -0.1) is 0 Å². The van der Waals surface area contributed by atoms with E-state index in [1.165, 1.54) is 0 Å². The Morgan fingerprint density at radius 2 is 1.76 bits per heavy atom. The SMILES string of the molecule is CN(C)C/C=C/C(=O)N1CC2CC(c3nc(-c4ccc(C(=O)Nc5ccccc5)cc4)c4c(N)nccn34)CC2C1. The zero-order chi connectivity index (χ0) is 28.5. The molecule has 4 aromatic rings. The van der Waals surface area contributed by atoms with E-state index in [0.29, 0.717) is 23.2 Å². The molecule has 2 unspecified atom stereocenters. The summed E-state index contributed by atoms with van der Waals surface area (Å²) in [7, 11) is 3.98. The number of hydrogen-bond donors (Lipinski definition) is 2. The maximum absolute atomic E-state index is 12.8. The first-order chi connectivity index (χ1) is 19.9. The summed E-state index contributed by atoms with van der Waals surface area (Å²) in [6.07, 6.45) is 9.24. The number of nitrogens with one attached hydrogen (secondary N) is 1. The Kier molecular flexibility index (Phi) is 7.28. The van der Waals surface area contributed by atoms with Gasteiger partial charge in [-0.25, -0.2) is 9.97 Å². The molecule has 1 aliphatic carbocycles. The molecule has 210 valence electrons. The molecular weight excluding hydrogens is 514 g/mol. The minimum absolute atomic E-state index is 0.103. The molecule has 2 aromatic carbocycles. The van der Waals surface area contributed by atoms with Gasteiger partial charge < -0.3 is 20.9 Å². The van der Waals surface area contributed by atoms with Crippen LogP contribution in [-0.2, 0) is 4.79 Å². The van der Waals surface area contributed by atoms with Crippen molar-refractivity contribution in [1.82, 2.24) is 24.2 Å². The summed E-state index contributed by atoms with van der Waals surface area (Å²) in [6, 6.07) is 16.8. The molecule has 3 N–H and O–H groups in total. The first-order valence-electron chi connectivity index (χ1n) is 14.1. The molecule has 3 heterocycles. The molecule has 2 atom stereocenters. The first kappa shape index (κ1) is 26.7. The standard InChI is InChI=1S/C32H35N7O2/c1-37(2)15-6-9-27(40)38-19-24-17-23(18-25(24)20-38)31-36-28(29-30(33)34-14-16-39(29)31)21-10-12-22(13-11-21)32(41)35-26-7-4-3-5-8-26/h3-14,16,23-25H,15,17-20H2,1-2H3,(H2,33,34)(H,35,41)/b9-6+. The van der Waals surface area contributed by atoms with Gasteiger partial charge in [-0.05, 0) is 63.0 Å². The molecule has 2 aliphatic rings. The number of para-hydroxylation sites is 1. The summed E-state index contributed by atoms with van der Waals surface area (Å²) in [4.78, 5) is 39.0. The smallest absolute Gasteiger partial charge is 0.255 e. The van der Waals surface area contributed by atoms with Crippen LogP contribution in [0.1, 0.15) is 34.9 Å². The number of benzene rings is 2. The van der Waals surface area contributed by atoms with Gasteiger partial charge in [0.05, 0.1) is 0 Å². The van der Waals surface area contributed by atoms with Crippen LogP contribution in [0.4, 0.5) is 11.5 Å². The average Bonchev–Trinajstić information content (AvgIpc) is 3.66. The normalized spacial score (nSPS) is 20.3. The molecule has 0 spiro atoms. The molecule has 2 fully saturated rings. The van der Waals surface area contributed by atoms with Crippen molar-refractivity contribution < 1.29 is 9.59 Å². The van der Waals surface area contributed by atoms with E-state index in [-0.39, 0.29) is 17.7 Å². The van der Waals surface area contributed by atoms with Crippen LogP contribution >= 0.6 is 0 Å². The third kappa shape index (κ3) is 5.45. The number of nitrogen functional groups attached to an aromatic ring is 1. The second kappa shape index (κ2) is 11.2. The van der Waals surface area contributed by atoms with Crippen molar-refractivity contribution in [2.45, 2.75) is 18.8 Å². The average molecular weight is 550 g/mol. The third-order valence-corrected chi connectivity index (χ3v) is 8.22. The number of imidazole rings is 1. The van der Waals surface area contributed by atoms with Crippen LogP contribution in [0.25, 0.3) is 16.8 Å².